The molecule has 2 aromatic heterocycles. The van der Waals surface area contributed by atoms with Crippen LogP contribution in [0.2, 0.25) is 0 Å². The summed E-state index contributed by atoms with van der Waals surface area (Å²) in [6.07, 6.45) is 0. The van der Waals surface area contributed by atoms with Crippen molar-refractivity contribution >= 4 is 17.0 Å². The molecule has 0 bridgehead atoms. The summed E-state index contributed by atoms with van der Waals surface area (Å²) in [4.78, 5) is 10.7. The van der Waals surface area contributed by atoms with Crippen LogP contribution in [0.1, 0.15) is 16.3 Å². The summed E-state index contributed by atoms with van der Waals surface area (Å²) in [5.74, 6) is -3.09. The van der Waals surface area contributed by atoms with Gasteiger partial charge in [-0.05, 0) is 12.1 Å². The van der Waals surface area contributed by atoms with Gasteiger partial charge in [0.15, 0.2) is 11.6 Å². The first-order chi connectivity index (χ1) is 9.54. The molecule has 0 aliphatic rings. The number of furan rings is 1. The number of nitrogens with zero attached hydrogens (tertiary/aromatic N) is 3. The van der Waals surface area contributed by atoms with E-state index in [1.165, 1.54) is 16.8 Å². The SMILES string of the molecule is O=C(O)c1ccc(Cn2nnc3cc(F)c(F)cc32)o1. The van der Waals surface area contributed by atoms with Gasteiger partial charge in [0.1, 0.15) is 17.8 Å². The van der Waals surface area contributed by atoms with Crippen LogP contribution >= 0.6 is 0 Å². The molecule has 1 aromatic carbocycles. The van der Waals surface area contributed by atoms with E-state index >= 15 is 0 Å². The highest BCUT2D eigenvalue weighted by atomic mass is 19.2. The van der Waals surface area contributed by atoms with Crippen molar-refractivity contribution in [2.75, 3.05) is 0 Å². The smallest absolute Gasteiger partial charge is 0.371 e. The summed E-state index contributed by atoms with van der Waals surface area (Å²) in [5.41, 5.74) is 0.492. The molecule has 0 fully saturated rings. The van der Waals surface area contributed by atoms with Crippen LogP contribution in [-0.2, 0) is 6.54 Å². The fourth-order valence-corrected chi connectivity index (χ4v) is 1.81. The number of fused-ring (bicyclic) bond motifs is 1. The summed E-state index contributed by atoms with van der Waals surface area (Å²) < 4.78 is 32.6. The Morgan fingerprint density at radius 2 is 2.05 bits per heavy atom. The van der Waals surface area contributed by atoms with Crippen LogP contribution in [0.15, 0.2) is 28.7 Å². The number of benzene rings is 1. The van der Waals surface area contributed by atoms with Crippen molar-refractivity contribution in [2.45, 2.75) is 6.54 Å². The van der Waals surface area contributed by atoms with Crippen LogP contribution in [0, 0.1) is 11.6 Å². The summed E-state index contributed by atoms with van der Waals surface area (Å²) in [6.45, 7) is 0.0643. The number of carboxylic acids is 1. The van der Waals surface area contributed by atoms with Gasteiger partial charge in [0, 0.05) is 12.1 Å². The first-order valence-corrected chi connectivity index (χ1v) is 5.55. The van der Waals surface area contributed by atoms with E-state index in [0.29, 0.717) is 5.76 Å². The van der Waals surface area contributed by atoms with Crippen LogP contribution in [-0.4, -0.2) is 26.1 Å². The van der Waals surface area contributed by atoms with Crippen molar-refractivity contribution in [1.82, 2.24) is 15.0 Å². The van der Waals surface area contributed by atoms with Gasteiger partial charge in [0.25, 0.3) is 0 Å². The summed E-state index contributed by atoms with van der Waals surface area (Å²) in [5, 5.41) is 16.2. The number of carbonyl (C=O) groups is 1. The van der Waals surface area contributed by atoms with Gasteiger partial charge in [-0.2, -0.15) is 0 Å². The molecule has 2 heterocycles. The maximum absolute atomic E-state index is 13.2. The molecule has 1 N–H and O–H groups in total. The minimum atomic E-state index is -1.19. The molecule has 6 nitrogen and oxygen atoms in total. The molecular formula is C12H7F2N3O3. The quantitative estimate of drug-likeness (QED) is 0.793. The highest BCUT2D eigenvalue weighted by Crippen LogP contribution is 2.18. The third-order valence-electron chi connectivity index (χ3n) is 2.73. The maximum atomic E-state index is 13.2. The highest BCUT2D eigenvalue weighted by molar-refractivity contribution is 5.84. The molecule has 20 heavy (non-hydrogen) atoms. The molecule has 0 spiro atoms. The number of hydrogen-bond acceptors (Lipinski definition) is 4. The largest absolute Gasteiger partial charge is 0.475 e. The van der Waals surface area contributed by atoms with Gasteiger partial charge in [-0.25, -0.2) is 18.3 Å². The molecule has 0 aliphatic carbocycles. The lowest BCUT2D eigenvalue weighted by Crippen LogP contribution is -2.01. The second-order valence-corrected chi connectivity index (χ2v) is 4.07. The molecule has 0 aliphatic heterocycles. The zero-order valence-electron chi connectivity index (χ0n) is 9.88. The average molecular weight is 279 g/mol. The molecule has 0 radical (unpaired) electrons. The molecule has 0 saturated heterocycles. The van der Waals surface area contributed by atoms with E-state index in [1.807, 2.05) is 0 Å². The lowest BCUT2D eigenvalue weighted by molar-refractivity contribution is 0.0660. The monoisotopic (exact) mass is 279 g/mol. The molecule has 3 aromatic rings. The number of aromatic nitrogens is 3. The molecule has 0 saturated carbocycles. The Balaban J connectivity index is 1.98. The second-order valence-electron chi connectivity index (χ2n) is 4.07. The molecule has 3 rings (SSSR count). The van der Waals surface area contributed by atoms with Gasteiger partial charge >= 0.3 is 5.97 Å². The second kappa shape index (κ2) is 4.41. The zero-order valence-corrected chi connectivity index (χ0v) is 9.88. The Morgan fingerprint density at radius 3 is 2.75 bits per heavy atom. The number of halogens is 2. The Bertz CT molecular complexity index is 809. The van der Waals surface area contributed by atoms with Crippen LogP contribution in [0.5, 0.6) is 0 Å². The van der Waals surface area contributed by atoms with Gasteiger partial charge in [0.2, 0.25) is 5.76 Å². The number of rotatable bonds is 3. The molecular weight excluding hydrogens is 272 g/mol. The Labute approximate surface area is 110 Å². The van der Waals surface area contributed by atoms with Crippen molar-refractivity contribution in [1.29, 1.82) is 0 Å². The fraction of sp³-hybridized carbons (Fsp3) is 0.0833. The molecule has 102 valence electrons. The lowest BCUT2D eigenvalue weighted by atomic mass is 10.3. The van der Waals surface area contributed by atoms with E-state index in [9.17, 15) is 13.6 Å². The van der Waals surface area contributed by atoms with E-state index < -0.39 is 17.6 Å². The van der Waals surface area contributed by atoms with Crippen molar-refractivity contribution in [3.05, 3.63) is 47.4 Å². The first kappa shape index (κ1) is 12.3. The summed E-state index contributed by atoms with van der Waals surface area (Å²) in [6, 6.07) is 4.69. The third kappa shape index (κ3) is 2.00. The maximum Gasteiger partial charge on any atom is 0.371 e. The third-order valence-corrected chi connectivity index (χ3v) is 2.73. The number of hydrogen-bond donors (Lipinski definition) is 1. The van der Waals surface area contributed by atoms with Gasteiger partial charge < -0.3 is 9.52 Å². The van der Waals surface area contributed by atoms with Gasteiger partial charge in [-0.1, -0.05) is 5.21 Å². The molecule has 0 unspecified atom stereocenters. The molecule has 0 amide bonds. The Morgan fingerprint density at radius 1 is 1.30 bits per heavy atom. The molecule has 8 heteroatoms. The summed E-state index contributed by atoms with van der Waals surface area (Å²) >= 11 is 0. The van der Waals surface area contributed by atoms with E-state index in [2.05, 4.69) is 10.3 Å². The fourth-order valence-electron chi connectivity index (χ4n) is 1.81. The van der Waals surface area contributed by atoms with Crippen LogP contribution in [0.4, 0.5) is 8.78 Å². The van der Waals surface area contributed by atoms with Crippen molar-refractivity contribution < 1.29 is 23.1 Å². The minimum absolute atomic E-state index is 0.0643. The summed E-state index contributed by atoms with van der Waals surface area (Å²) in [7, 11) is 0. The van der Waals surface area contributed by atoms with Crippen LogP contribution in [0.25, 0.3) is 11.0 Å². The van der Waals surface area contributed by atoms with Crippen molar-refractivity contribution in [2.24, 2.45) is 0 Å². The zero-order chi connectivity index (χ0) is 14.3. The van der Waals surface area contributed by atoms with E-state index in [-0.39, 0.29) is 23.3 Å². The highest BCUT2D eigenvalue weighted by Gasteiger charge is 2.13. The van der Waals surface area contributed by atoms with Crippen molar-refractivity contribution in [3.8, 4) is 0 Å². The standard InChI is InChI=1S/C12H7F2N3O3/c13-7-3-9-10(4-8(7)14)17(16-15-9)5-6-1-2-11(20-6)12(18)19/h1-4H,5H2,(H,18,19). The number of carboxylic acid groups (broad SMARTS) is 1. The molecule has 0 atom stereocenters. The van der Waals surface area contributed by atoms with Crippen LogP contribution < -0.4 is 0 Å². The normalized spacial score (nSPS) is 11.1. The number of aromatic carboxylic acids is 1. The Kier molecular flexibility index (Phi) is 2.70. The van der Waals surface area contributed by atoms with Gasteiger partial charge in [-0.15, -0.1) is 5.10 Å². The van der Waals surface area contributed by atoms with Crippen molar-refractivity contribution in [3.63, 3.8) is 0 Å². The van der Waals surface area contributed by atoms with E-state index in [1.54, 1.807) is 0 Å². The van der Waals surface area contributed by atoms with E-state index in [4.69, 9.17) is 9.52 Å². The van der Waals surface area contributed by atoms with E-state index in [0.717, 1.165) is 12.1 Å². The Hall–Kier alpha value is -2.77. The van der Waals surface area contributed by atoms with Crippen LogP contribution in [0.3, 0.4) is 0 Å². The van der Waals surface area contributed by atoms with Gasteiger partial charge in [-0.3, -0.25) is 0 Å². The lowest BCUT2D eigenvalue weighted by Gasteiger charge is -1.99. The predicted octanol–water partition coefficient (Wildman–Crippen LogP) is 2.05. The average Bonchev–Trinajstić information content (AvgIpc) is 3.00. The topological polar surface area (TPSA) is 81.1 Å². The minimum Gasteiger partial charge on any atom is -0.475 e. The van der Waals surface area contributed by atoms with Gasteiger partial charge in [0.05, 0.1) is 5.52 Å². The first-order valence-electron chi connectivity index (χ1n) is 5.55. The predicted molar refractivity (Wildman–Crippen MR) is 62.2 cm³/mol.